The van der Waals surface area contributed by atoms with Gasteiger partial charge in [-0.25, -0.2) is 0 Å². The zero-order valence-electron chi connectivity index (χ0n) is 14.5. The molecule has 5 nitrogen and oxygen atoms in total. The standard InChI is InChI=1S/C21H21N3O2/c1-3-8-17(9-4-1)15-25-19-14-20(24-12-7-13-24)22-23-21(19)26-16-18-10-5-2-6-11-18/h1-6,8-11,14H,7,12-13,15-16H2. The maximum atomic E-state index is 6.02. The summed E-state index contributed by atoms with van der Waals surface area (Å²) in [5, 5.41) is 8.57. The molecule has 0 spiro atoms. The van der Waals surface area contributed by atoms with Crippen molar-refractivity contribution < 1.29 is 9.47 Å². The third kappa shape index (κ3) is 3.94. The quantitative estimate of drug-likeness (QED) is 0.650. The van der Waals surface area contributed by atoms with Crippen LogP contribution >= 0.6 is 0 Å². The van der Waals surface area contributed by atoms with Gasteiger partial charge in [0.1, 0.15) is 13.2 Å². The van der Waals surface area contributed by atoms with E-state index in [-0.39, 0.29) is 0 Å². The second-order valence-electron chi connectivity index (χ2n) is 6.26. The van der Waals surface area contributed by atoms with E-state index >= 15 is 0 Å². The highest BCUT2D eigenvalue weighted by Gasteiger charge is 2.19. The fourth-order valence-electron chi connectivity index (χ4n) is 2.72. The van der Waals surface area contributed by atoms with Crippen LogP contribution in [0.25, 0.3) is 0 Å². The van der Waals surface area contributed by atoms with E-state index in [0.717, 1.165) is 30.0 Å². The van der Waals surface area contributed by atoms with Crippen LogP contribution in [0.2, 0.25) is 0 Å². The molecule has 0 amide bonds. The maximum absolute atomic E-state index is 6.02. The molecule has 2 heterocycles. The average molecular weight is 347 g/mol. The summed E-state index contributed by atoms with van der Waals surface area (Å²) in [6, 6.07) is 22.0. The van der Waals surface area contributed by atoms with Gasteiger partial charge < -0.3 is 14.4 Å². The molecule has 2 aromatic carbocycles. The normalized spacial score (nSPS) is 13.2. The molecule has 0 bridgehead atoms. The summed E-state index contributed by atoms with van der Waals surface area (Å²) in [4.78, 5) is 2.18. The van der Waals surface area contributed by atoms with Crippen molar-refractivity contribution in [2.45, 2.75) is 19.6 Å². The predicted molar refractivity (Wildman–Crippen MR) is 100 cm³/mol. The molecule has 1 saturated heterocycles. The van der Waals surface area contributed by atoms with Gasteiger partial charge in [0.2, 0.25) is 0 Å². The molecule has 0 aliphatic carbocycles. The number of aromatic nitrogens is 2. The van der Waals surface area contributed by atoms with Crippen molar-refractivity contribution in [3.05, 3.63) is 77.9 Å². The molecular weight excluding hydrogens is 326 g/mol. The molecule has 1 fully saturated rings. The second kappa shape index (κ2) is 7.87. The first kappa shape index (κ1) is 16.4. The highest BCUT2D eigenvalue weighted by atomic mass is 16.5. The Hall–Kier alpha value is -3.08. The fourth-order valence-corrected chi connectivity index (χ4v) is 2.72. The molecule has 0 radical (unpaired) electrons. The van der Waals surface area contributed by atoms with Gasteiger partial charge in [-0.3, -0.25) is 0 Å². The molecule has 0 atom stereocenters. The van der Waals surface area contributed by atoms with Crippen molar-refractivity contribution in [1.29, 1.82) is 0 Å². The van der Waals surface area contributed by atoms with Gasteiger partial charge in [0.15, 0.2) is 11.6 Å². The van der Waals surface area contributed by atoms with Crippen molar-refractivity contribution in [3.8, 4) is 11.6 Å². The van der Waals surface area contributed by atoms with Crippen LogP contribution in [0, 0.1) is 0 Å². The van der Waals surface area contributed by atoms with Crippen molar-refractivity contribution in [1.82, 2.24) is 10.2 Å². The van der Waals surface area contributed by atoms with Crippen molar-refractivity contribution in [2.75, 3.05) is 18.0 Å². The minimum atomic E-state index is 0.425. The van der Waals surface area contributed by atoms with E-state index in [1.807, 2.05) is 66.7 Å². The summed E-state index contributed by atoms with van der Waals surface area (Å²) >= 11 is 0. The number of ether oxygens (including phenoxy) is 2. The van der Waals surface area contributed by atoms with Gasteiger partial charge >= 0.3 is 0 Å². The number of anilines is 1. The first-order chi connectivity index (χ1) is 12.9. The molecule has 0 unspecified atom stereocenters. The third-order valence-corrected chi connectivity index (χ3v) is 4.35. The Morgan fingerprint density at radius 2 is 1.38 bits per heavy atom. The molecule has 0 N–H and O–H groups in total. The average Bonchev–Trinajstić information content (AvgIpc) is 2.66. The molecule has 1 aliphatic rings. The molecule has 26 heavy (non-hydrogen) atoms. The Bertz CT molecular complexity index is 836. The fraction of sp³-hybridized carbons (Fsp3) is 0.238. The van der Waals surface area contributed by atoms with Crippen LogP contribution in [0.15, 0.2) is 66.7 Å². The van der Waals surface area contributed by atoms with Crippen LogP contribution in [0.3, 0.4) is 0 Å². The highest BCUT2D eigenvalue weighted by molar-refractivity contribution is 5.48. The van der Waals surface area contributed by atoms with Gasteiger partial charge in [-0.15, -0.1) is 10.2 Å². The number of hydrogen-bond acceptors (Lipinski definition) is 5. The zero-order valence-corrected chi connectivity index (χ0v) is 14.5. The second-order valence-corrected chi connectivity index (χ2v) is 6.26. The molecule has 0 saturated carbocycles. The van der Waals surface area contributed by atoms with Crippen LogP contribution in [0.4, 0.5) is 5.82 Å². The molecule has 5 heteroatoms. The minimum Gasteiger partial charge on any atom is -0.483 e. The summed E-state index contributed by atoms with van der Waals surface area (Å²) in [6.45, 7) is 2.92. The van der Waals surface area contributed by atoms with Gasteiger partial charge in [0.25, 0.3) is 5.88 Å². The maximum Gasteiger partial charge on any atom is 0.276 e. The van der Waals surface area contributed by atoms with E-state index in [1.54, 1.807) is 0 Å². The van der Waals surface area contributed by atoms with Gasteiger partial charge in [-0.05, 0) is 17.5 Å². The lowest BCUT2D eigenvalue weighted by Gasteiger charge is -2.31. The summed E-state index contributed by atoms with van der Waals surface area (Å²) < 4.78 is 11.9. The van der Waals surface area contributed by atoms with Gasteiger partial charge in [0.05, 0.1) is 0 Å². The van der Waals surface area contributed by atoms with Crippen LogP contribution in [0.1, 0.15) is 17.5 Å². The van der Waals surface area contributed by atoms with E-state index < -0.39 is 0 Å². The predicted octanol–water partition coefficient (Wildman–Crippen LogP) is 3.84. The van der Waals surface area contributed by atoms with Gasteiger partial charge in [-0.2, -0.15) is 0 Å². The van der Waals surface area contributed by atoms with Crippen LogP contribution in [0.5, 0.6) is 11.6 Å². The first-order valence-corrected chi connectivity index (χ1v) is 8.84. The largest absolute Gasteiger partial charge is 0.483 e. The highest BCUT2D eigenvalue weighted by Crippen LogP contribution is 2.30. The number of nitrogens with zero attached hydrogens (tertiary/aromatic N) is 3. The van der Waals surface area contributed by atoms with Gasteiger partial charge in [0, 0.05) is 19.2 Å². The molecule has 1 aromatic heterocycles. The number of benzene rings is 2. The molecule has 132 valence electrons. The molecule has 1 aliphatic heterocycles. The Labute approximate surface area is 153 Å². The van der Waals surface area contributed by atoms with Crippen molar-refractivity contribution in [3.63, 3.8) is 0 Å². The van der Waals surface area contributed by atoms with E-state index in [1.165, 1.54) is 6.42 Å². The topological polar surface area (TPSA) is 47.5 Å². The third-order valence-electron chi connectivity index (χ3n) is 4.35. The lowest BCUT2D eigenvalue weighted by atomic mass is 10.2. The smallest absolute Gasteiger partial charge is 0.276 e. The van der Waals surface area contributed by atoms with Crippen LogP contribution < -0.4 is 14.4 Å². The summed E-state index contributed by atoms with van der Waals surface area (Å²) in [5.41, 5.74) is 2.18. The van der Waals surface area contributed by atoms with Crippen LogP contribution in [-0.4, -0.2) is 23.3 Å². The Balaban J connectivity index is 1.51. The Morgan fingerprint density at radius 3 is 1.96 bits per heavy atom. The van der Waals surface area contributed by atoms with E-state index in [4.69, 9.17) is 9.47 Å². The summed E-state index contributed by atoms with van der Waals surface area (Å²) in [6.07, 6.45) is 1.19. The summed E-state index contributed by atoms with van der Waals surface area (Å²) in [7, 11) is 0. The van der Waals surface area contributed by atoms with Crippen molar-refractivity contribution in [2.24, 2.45) is 0 Å². The molecule has 4 rings (SSSR count). The Kier molecular flexibility index (Phi) is 4.96. The SMILES string of the molecule is c1ccc(COc2cc(N3CCC3)nnc2OCc2ccccc2)cc1. The van der Waals surface area contributed by atoms with E-state index in [0.29, 0.717) is 24.8 Å². The van der Waals surface area contributed by atoms with E-state index in [9.17, 15) is 0 Å². The lowest BCUT2D eigenvalue weighted by molar-refractivity contribution is 0.244. The minimum absolute atomic E-state index is 0.425. The molecule has 3 aromatic rings. The number of rotatable bonds is 7. The van der Waals surface area contributed by atoms with E-state index in [2.05, 4.69) is 15.1 Å². The monoisotopic (exact) mass is 347 g/mol. The zero-order chi connectivity index (χ0) is 17.6. The Morgan fingerprint density at radius 1 is 0.769 bits per heavy atom. The number of hydrogen-bond donors (Lipinski definition) is 0. The van der Waals surface area contributed by atoms with Crippen LogP contribution in [-0.2, 0) is 13.2 Å². The summed E-state index contributed by atoms with van der Waals surface area (Å²) in [5.74, 6) is 1.89. The lowest BCUT2D eigenvalue weighted by Crippen LogP contribution is -2.37. The first-order valence-electron chi connectivity index (χ1n) is 8.84. The molecular formula is C21H21N3O2. The van der Waals surface area contributed by atoms with Gasteiger partial charge in [-0.1, -0.05) is 60.7 Å². The van der Waals surface area contributed by atoms with Crippen molar-refractivity contribution >= 4 is 5.82 Å².